The number of hydrogen-bond donors (Lipinski definition) is 6. The van der Waals surface area contributed by atoms with Gasteiger partial charge >= 0.3 is 0 Å². The first-order valence-electron chi connectivity index (χ1n) is 4.39. The second-order valence-corrected chi connectivity index (χ2v) is 4.20. The number of nitrogens with zero attached hydrogens (tertiary/aromatic N) is 2. The molecule has 0 aliphatic carbocycles. The fraction of sp³-hybridized carbons (Fsp3) is 0.714. The van der Waals surface area contributed by atoms with Gasteiger partial charge in [0.25, 0.3) is 0 Å². The number of nitrogen functional groups attached to an aromatic ring is 1. The van der Waals surface area contributed by atoms with Crippen LogP contribution in [0.2, 0.25) is 0 Å². The Morgan fingerprint density at radius 3 is 2.19 bits per heavy atom. The van der Waals surface area contributed by atoms with Gasteiger partial charge in [-0.1, -0.05) is 11.3 Å². The third-order valence-corrected chi connectivity index (χ3v) is 2.79. The van der Waals surface area contributed by atoms with Crippen molar-refractivity contribution in [1.82, 2.24) is 10.2 Å². The number of anilines is 1. The monoisotopic (exact) mass is 251 g/mol. The van der Waals surface area contributed by atoms with Crippen LogP contribution in [-0.2, 0) is 0 Å². The van der Waals surface area contributed by atoms with Gasteiger partial charge in [-0.2, -0.15) is 0 Å². The molecule has 0 saturated heterocycles. The van der Waals surface area contributed by atoms with Gasteiger partial charge in [0.2, 0.25) is 5.13 Å². The van der Waals surface area contributed by atoms with E-state index in [0.717, 1.165) is 11.3 Å². The second-order valence-electron chi connectivity index (χ2n) is 3.15. The van der Waals surface area contributed by atoms with Gasteiger partial charge in [0, 0.05) is 0 Å². The van der Waals surface area contributed by atoms with E-state index in [1.54, 1.807) is 0 Å². The summed E-state index contributed by atoms with van der Waals surface area (Å²) in [6.07, 6.45) is -6.44. The summed E-state index contributed by atoms with van der Waals surface area (Å²) in [7, 11) is 0. The minimum Gasteiger partial charge on any atom is -0.394 e. The van der Waals surface area contributed by atoms with E-state index in [2.05, 4.69) is 10.2 Å². The maximum absolute atomic E-state index is 9.57. The molecule has 0 aliphatic heterocycles. The lowest BCUT2D eigenvalue weighted by molar-refractivity contribution is -0.116. The number of rotatable bonds is 5. The first-order valence-corrected chi connectivity index (χ1v) is 5.21. The van der Waals surface area contributed by atoms with E-state index < -0.39 is 31.0 Å². The van der Waals surface area contributed by atoms with Crippen molar-refractivity contribution >= 4 is 16.5 Å². The third-order valence-electron chi connectivity index (χ3n) is 1.96. The lowest BCUT2D eigenvalue weighted by Gasteiger charge is -2.24. The van der Waals surface area contributed by atoms with E-state index in [1.807, 2.05) is 0 Å². The highest BCUT2D eigenvalue weighted by Gasteiger charge is 2.32. The fourth-order valence-corrected chi connectivity index (χ4v) is 1.67. The molecule has 0 aromatic carbocycles. The molecule has 9 heteroatoms. The van der Waals surface area contributed by atoms with Crippen molar-refractivity contribution in [3.05, 3.63) is 5.01 Å². The zero-order valence-electron chi connectivity index (χ0n) is 8.13. The Hall–Kier alpha value is -0.840. The van der Waals surface area contributed by atoms with Crippen LogP contribution in [0.5, 0.6) is 0 Å². The van der Waals surface area contributed by atoms with Crippen molar-refractivity contribution in [1.29, 1.82) is 0 Å². The molecule has 1 rings (SSSR count). The van der Waals surface area contributed by atoms with E-state index in [4.69, 9.17) is 15.9 Å². The Balaban J connectivity index is 2.70. The van der Waals surface area contributed by atoms with E-state index in [0.29, 0.717) is 0 Å². The molecule has 0 fully saturated rings. The molecule has 8 nitrogen and oxygen atoms in total. The highest BCUT2D eigenvalue weighted by Crippen LogP contribution is 2.24. The number of hydrogen-bond acceptors (Lipinski definition) is 9. The zero-order chi connectivity index (χ0) is 12.3. The number of aliphatic hydroxyl groups is 5. The Kier molecular flexibility index (Phi) is 4.53. The van der Waals surface area contributed by atoms with Gasteiger partial charge in [-0.3, -0.25) is 0 Å². The SMILES string of the molecule is Nc1nnc(C(O)C(O)C(O)C(O)CO)s1. The lowest BCUT2D eigenvalue weighted by atomic mass is 10.0. The molecule has 7 N–H and O–H groups in total. The second kappa shape index (κ2) is 5.48. The summed E-state index contributed by atoms with van der Waals surface area (Å²) in [5, 5.41) is 53.0. The standard InChI is InChI=1S/C7H13N3O5S/c8-7-10-9-6(16-7)5(15)4(14)3(13)2(12)1-11/h2-5,11-15H,1H2,(H2,8,10). The summed E-state index contributed by atoms with van der Waals surface area (Å²) in [4.78, 5) is 0. The smallest absolute Gasteiger partial charge is 0.203 e. The molecule has 0 radical (unpaired) electrons. The molecule has 0 amide bonds. The fourth-order valence-electron chi connectivity index (χ4n) is 1.03. The van der Waals surface area contributed by atoms with Crippen LogP contribution >= 0.6 is 11.3 Å². The summed E-state index contributed by atoms with van der Waals surface area (Å²) in [6, 6.07) is 0. The zero-order valence-corrected chi connectivity index (χ0v) is 8.95. The first-order chi connectivity index (χ1) is 7.47. The van der Waals surface area contributed by atoms with Gasteiger partial charge in [0.1, 0.15) is 24.4 Å². The molecular formula is C7H13N3O5S. The summed E-state index contributed by atoms with van der Waals surface area (Å²) >= 11 is 0.851. The Labute approximate surface area is 94.6 Å². The van der Waals surface area contributed by atoms with Crippen molar-refractivity contribution in [2.45, 2.75) is 24.4 Å². The van der Waals surface area contributed by atoms with Crippen molar-refractivity contribution in [3.8, 4) is 0 Å². The normalized spacial score (nSPS) is 19.1. The molecule has 0 bridgehead atoms. The van der Waals surface area contributed by atoms with Crippen molar-refractivity contribution in [2.75, 3.05) is 12.3 Å². The van der Waals surface area contributed by atoms with Crippen molar-refractivity contribution in [2.24, 2.45) is 0 Å². The maximum Gasteiger partial charge on any atom is 0.203 e. The molecular weight excluding hydrogens is 238 g/mol. The van der Waals surface area contributed by atoms with Gasteiger partial charge in [-0.05, 0) is 0 Å². The van der Waals surface area contributed by atoms with Gasteiger partial charge in [-0.25, -0.2) is 0 Å². The predicted molar refractivity (Wildman–Crippen MR) is 54.4 cm³/mol. The Morgan fingerprint density at radius 2 is 1.75 bits per heavy atom. The van der Waals surface area contributed by atoms with Crippen LogP contribution in [-0.4, -0.2) is 60.6 Å². The van der Waals surface area contributed by atoms with E-state index >= 15 is 0 Å². The third kappa shape index (κ3) is 2.84. The quantitative estimate of drug-likeness (QED) is 0.329. The average Bonchev–Trinajstić information content (AvgIpc) is 2.71. The molecule has 92 valence electrons. The minimum absolute atomic E-state index is 0.0224. The molecule has 1 heterocycles. The number of aromatic nitrogens is 2. The highest BCUT2D eigenvalue weighted by molar-refractivity contribution is 7.15. The lowest BCUT2D eigenvalue weighted by Crippen LogP contribution is -2.42. The minimum atomic E-state index is -1.69. The molecule has 0 aliphatic rings. The Bertz CT molecular complexity index is 336. The summed E-state index contributed by atoms with van der Waals surface area (Å²) < 4.78 is 0. The first kappa shape index (κ1) is 13.2. The molecule has 0 saturated carbocycles. The van der Waals surface area contributed by atoms with Crippen molar-refractivity contribution in [3.63, 3.8) is 0 Å². The summed E-state index contributed by atoms with van der Waals surface area (Å²) in [6.45, 7) is -0.733. The van der Waals surface area contributed by atoms with Crippen LogP contribution in [0.15, 0.2) is 0 Å². The number of aliphatic hydroxyl groups excluding tert-OH is 5. The van der Waals surface area contributed by atoms with E-state index in [9.17, 15) is 15.3 Å². The molecule has 1 aromatic heterocycles. The maximum atomic E-state index is 9.57. The van der Waals surface area contributed by atoms with Gasteiger partial charge in [0.05, 0.1) is 6.61 Å². The number of nitrogens with two attached hydrogens (primary N) is 1. The van der Waals surface area contributed by atoms with Crippen LogP contribution in [0, 0.1) is 0 Å². The summed E-state index contributed by atoms with van der Waals surface area (Å²) in [5.41, 5.74) is 5.28. The van der Waals surface area contributed by atoms with Crippen molar-refractivity contribution < 1.29 is 25.5 Å². The van der Waals surface area contributed by atoms with Crippen LogP contribution < -0.4 is 5.73 Å². The van der Waals surface area contributed by atoms with E-state index in [1.165, 1.54) is 0 Å². The topological polar surface area (TPSA) is 153 Å². The highest BCUT2D eigenvalue weighted by atomic mass is 32.1. The van der Waals surface area contributed by atoms with Gasteiger partial charge in [-0.15, -0.1) is 10.2 Å². The molecule has 1 aromatic rings. The van der Waals surface area contributed by atoms with Crippen LogP contribution in [0.4, 0.5) is 5.13 Å². The molecule has 4 unspecified atom stereocenters. The summed E-state index contributed by atoms with van der Waals surface area (Å²) in [5.74, 6) is 0. The van der Waals surface area contributed by atoms with Gasteiger partial charge < -0.3 is 31.3 Å². The molecule has 4 atom stereocenters. The van der Waals surface area contributed by atoms with E-state index in [-0.39, 0.29) is 10.1 Å². The average molecular weight is 251 g/mol. The largest absolute Gasteiger partial charge is 0.394 e. The van der Waals surface area contributed by atoms with Crippen LogP contribution in [0.1, 0.15) is 11.1 Å². The predicted octanol–water partition coefficient (Wildman–Crippen LogP) is -2.77. The van der Waals surface area contributed by atoms with Crippen LogP contribution in [0.25, 0.3) is 0 Å². The van der Waals surface area contributed by atoms with Crippen LogP contribution in [0.3, 0.4) is 0 Å². The molecule has 16 heavy (non-hydrogen) atoms. The molecule has 0 spiro atoms. The van der Waals surface area contributed by atoms with Gasteiger partial charge in [0.15, 0.2) is 5.01 Å². The Morgan fingerprint density at radius 1 is 1.12 bits per heavy atom.